The van der Waals surface area contributed by atoms with Gasteiger partial charge < -0.3 is 19.2 Å². The average Bonchev–Trinajstić information content (AvgIpc) is 3.18. The molecule has 0 spiro atoms. The number of carbonyl (C=O) groups is 2. The highest BCUT2D eigenvalue weighted by atomic mass is 19.1. The Balaban J connectivity index is 1.91. The van der Waals surface area contributed by atoms with Gasteiger partial charge in [0.1, 0.15) is 11.6 Å². The number of aryl methyl sites for hydroxylation is 3. The summed E-state index contributed by atoms with van der Waals surface area (Å²) in [6.07, 6.45) is 1.22. The summed E-state index contributed by atoms with van der Waals surface area (Å²) in [5.41, 5.74) is 3.54. The lowest BCUT2D eigenvalue weighted by Crippen LogP contribution is -2.37. The molecule has 0 aliphatic carbocycles. The van der Waals surface area contributed by atoms with Crippen molar-refractivity contribution in [3.8, 4) is 0 Å². The molecule has 0 saturated carbocycles. The van der Waals surface area contributed by atoms with Gasteiger partial charge in [-0.05, 0) is 51.5 Å². The zero-order valence-electron chi connectivity index (χ0n) is 20.0. The quantitative estimate of drug-likeness (QED) is 0.598. The molecule has 174 valence electrons. The molecule has 2 aromatic heterocycles. The van der Waals surface area contributed by atoms with Crippen molar-refractivity contribution < 1.29 is 18.7 Å². The van der Waals surface area contributed by atoms with Crippen molar-refractivity contribution in [1.82, 2.24) is 19.4 Å². The molecule has 1 aliphatic rings. The molecule has 0 atom stereocenters. The monoisotopic (exact) mass is 452 g/mol. The Morgan fingerprint density at radius 1 is 1.24 bits per heavy atom. The van der Waals surface area contributed by atoms with Gasteiger partial charge in [-0.15, -0.1) is 0 Å². The summed E-state index contributed by atoms with van der Waals surface area (Å²) in [4.78, 5) is 36.1. The number of halogens is 1. The average molecular weight is 453 g/mol. The molecular formula is C25H29FN4O3. The second kappa shape index (κ2) is 7.86. The summed E-state index contributed by atoms with van der Waals surface area (Å²) in [6.45, 7) is 11.5. The summed E-state index contributed by atoms with van der Waals surface area (Å²) in [5, 5.41) is 0. The van der Waals surface area contributed by atoms with E-state index < -0.39 is 11.4 Å². The summed E-state index contributed by atoms with van der Waals surface area (Å²) >= 11 is 0. The minimum atomic E-state index is -0.533. The van der Waals surface area contributed by atoms with Gasteiger partial charge in [-0.1, -0.05) is 13.8 Å². The number of esters is 1. The van der Waals surface area contributed by atoms with Gasteiger partial charge >= 0.3 is 5.97 Å². The van der Waals surface area contributed by atoms with Crippen molar-refractivity contribution in [2.75, 3.05) is 6.54 Å². The van der Waals surface area contributed by atoms with E-state index in [0.29, 0.717) is 29.0 Å². The van der Waals surface area contributed by atoms with Crippen LogP contribution in [0.4, 0.5) is 4.39 Å². The Morgan fingerprint density at radius 3 is 2.58 bits per heavy atom. The number of aromatic nitrogens is 3. The van der Waals surface area contributed by atoms with E-state index in [-0.39, 0.29) is 23.4 Å². The number of nitrogens with zero attached hydrogens (tertiary/aromatic N) is 3. The van der Waals surface area contributed by atoms with Gasteiger partial charge in [-0.3, -0.25) is 4.79 Å². The van der Waals surface area contributed by atoms with Crippen LogP contribution in [-0.4, -0.2) is 44.0 Å². The maximum atomic E-state index is 13.8. The Bertz CT molecular complexity index is 1310. The van der Waals surface area contributed by atoms with Crippen LogP contribution < -0.4 is 0 Å². The fourth-order valence-electron chi connectivity index (χ4n) is 4.42. The topological polar surface area (TPSA) is 80.2 Å². The molecule has 3 aromatic rings. The van der Waals surface area contributed by atoms with Crippen LogP contribution in [0.5, 0.6) is 0 Å². The minimum Gasteiger partial charge on any atom is -0.459 e. The van der Waals surface area contributed by atoms with Gasteiger partial charge in [-0.2, -0.15) is 0 Å². The minimum absolute atomic E-state index is 0.257. The molecule has 0 fully saturated rings. The largest absolute Gasteiger partial charge is 0.459 e. The number of H-pyrrole nitrogens is 1. The number of ether oxygens (including phenoxy) is 1. The van der Waals surface area contributed by atoms with Crippen LogP contribution in [0.25, 0.3) is 16.7 Å². The molecule has 0 radical (unpaired) electrons. The molecule has 1 aromatic carbocycles. The van der Waals surface area contributed by atoms with E-state index in [9.17, 15) is 14.0 Å². The molecule has 4 rings (SSSR count). The Kier molecular flexibility index (Phi) is 5.42. The van der Waals surface area contributed by atoms with Crippen molar-refractivity contribution in [2.45, 2.75) is 53.1 Å². The molecule has 0 unspecified atom stereocenters. The van der Waals surface area contributed by atoms with E-state index in [4.69, 9.17) is 4.74 Å². The standard InChI is InChI=1S/C25H29FN4O3/c1-13(2)33-24(32)17-11-30(23(31)16-8-9-18(26)14(3)10-16)12-25(5,6)19-20(17)28-22-21(19)29(7)15(4)27-22/h8-11,13,28H,12H2,1-7H3. The molecule has 0 saturated heterocycles. The zero-order valence-corrected chi connectivity index (χ0v) is 20.0. The van der Waals surface area contributed by atoms with Crippen LogP contribution in [0.15, 0.2) is 24.4 Å². The maximum Gasteiger partial charge on any atom is 0.342 e. The van der Waals surface area contributed by atoms with Crippen molar-refractivity contribution in [3.05, 3.63) is 58.4 Å². The summed E-state index contributed by atoms with van der Waals surface area (Å²) < 4.78 is 21.3. The molecule has 1 N–H and O–H groups in total. The van der Waals surface area contributed by atoms with E-state index in [1.54, 1.807) is 27.0 Å². The number of hydrogen-bond donors (Lipinski definition) is 1. The molecular weight excluding hydrogens is 423 g/mol. The third-order valence-electron chi connectivity index (χ3n) is 6.07. The van der Waals surface area contributed by atoms with Crippen molar-refractivity contribution in [3.63, 3.8) is 0 Å². The number of hydrogen-bond acceptors (Lipinski definition) is 4. The first-order valence-electron chi connectivity index (χ1n) is 11.0. The fourth-order valence-corrected chi connectivity index (χ4v) is 4.42. The van der Waals surface area contributed by atoms with Gasteiger partial charge in [0.05, 0.1) is 22.9 Å². The van der Waals surface area contributed by atoms with Crippen LogP contribution in [0.3, 0.4) is 0 Å². The summed E-state index contributed by atoms with van der Waals surface area (Å²) in [5.74, 6) is -0.378. The van der Waals surface area contributed by atoms with Gasteiger partial charge in [0.15, 0.2) is 5.65 Å². The van der Waals surface area contributed by atoms with Crippen LogP contribution in [-0.2, 0) is 22.0 Å². The number of carbonyl (C=O) groups excluding carboxylic acids is 2. The smallest absolute Gasteiger partial charge is 0.342 e. The highest BCUT2D eigenvalue weighted by molar-refractivity contribution is 6.18. The van der Waals surface area contributed by atoms with Crippen LogP contribution in [0.2, 0.25) is 0 Å². The predicted molar refractivity (Wildman–Crippen MR) is 124 cm³/mol. The number of fused-ring (bicyclic) bond motifs is 3. The molecule has 3 heterocycles. The highest BCUT2D eigenvalue weighted by Crippen LogP contribution is 2.40. The van der Waals surface area contributed by atoms with Crippen LogP contribution in [0.1, 0.15) is 60.7 Å². The fraction of sp³-hybridized carbons (Fsp3) is 0.400. The third kappa shape index (κ3) is 3.83. The van der Waals surface area contributed by atoms with Gasteiger partial charge in [0, 0.05) is 36.3 Å². The first-order chi connectivity index (χ1) is 15.4. The van der Waals surface area contributed by atoms with E-state index in [2.05, 4.69) is 9.97 Å². The van der Waals surface area contributed by atoms with Gasteiger partial charge in [-0.25, -0.2) is 14.2 Å². The Morgan fingerprint density at radius 2 is 1.94 bits per heavy atom. The Labute approximate surface area is 192 Å². The molecule has 1 amide bonds. The lowest BCUT2D eigenvalue weighted by atomic mass is 9.83. The summed E-state index contributed by atoms with van der Waals surface area (Å²) in [7, 11) is 1.93. The van der Waals surface area contributed by atoms with E-state index in [1.165, 1.54) is 23.1 Å². The maximum absolute atomic E-state index is 13.8. The van der Waals surface area contributed by atoms with E-state index in [1.807, 2.05) is 32.4 Å². The first kappa shape index (κ1) is 22.8. The number of amides is 1. The van der Waals surface area contributed by atoms with Crippen molar-refractivity contribution >= 4 is 28.6 Å². The third-order valence-corrected chi connectivity index (χ3v) is 6.07. The molecule has 1 aliphatic heterocycles. The normalized spacial score (nSPS) is 15.4. The number of benzene rings is 1. The number of aromatic amines is 1. The van der Waals surface area contributed by atoms with Crippen molar-refractivity contribution in [2.24, 2.45) is 7.05 Å². The number of nitrogens with one attached hydrogen (secondary N) is 1. The Hall–Kier alpha value is -3.42. The van der Waals surface area contributed by atoms with Crippen LogP contribution in [0, 0.1) is 19.7 Å². The molecule has 0 bridgehead atoms. The summed E-state index contributed by atoms with van der Waals surface area (Å²) in [6, 6.07) is 4.27. The first-order valence-corrected chi connectivity index (χ1v) is 11.0. The number of rotatable bonds is 3. The molecule has 33 heavy (non-hydrogen) atoms. The zero-order chi connectivity index (χ0) is 24.2. The SMILES string of the molecule is Cc1cc(C(=O)N2C=C(C(=O)OC(C)C)c3[nH]c4nc(C)n(C)c4c3C(C)(C)C2)ccc1F. The second-order valence-electron chi connectivity index (χ2n) is 9.57. The molecule has 7 nitrogen and oxygen atoms in total. The van der Waals surface area contributed by atoms with Gasteiger partial charge in [0.2, 0.25) is 0 Å². The lowest BCUT2D eigenvalue weighted by Gasteiger charge is -2.29. The number of imidazole rings is 1. The van der Waals surface area contributed by atoms with E-state index in [0.717, 1.165) is 16.9 Å². The highest BCUT2D eigenvalue weighted by Gasteiger charge is 2.39. The van der Waals surface area contributed by atoms with Gasteiger partial charge in [0.25, 0.3) is 5.91 Å². The predicted octanol–water partition coefficient (Wildman–Crippen LogP) is 4.38. The van der Waals surface area contributed by atoms with E-state index >= 15 is 0 Å². The van der Waals surface area contributed by atoms with Crippen LogP contribution >= 0.6 is 0 Å². The second-order valence-corrected chi connectivity index (χ2v) is 9.57. The van der Waals surface area contributed by atoms with Crippen molar-refractivity contribution in [1.29, 1.82) is 0 Å². The lowest BCUT2D eigenvalue weighted by molar-refractivity contribution is -0.140. The molecule has 8 heteroatoms.